The molecular weight excluding hydrogens is 336 g/mol. The summed E-state index contributed by atoms with van der Waals surface area (Å²) in [5.74, 6) is 0.865. The van der Waals surface area contributed by atoms with E-state index in [0.717, 1.165) is 10.0 Å². The van der Waals surface area contributed by atoms with Gasteiger partial charge in [-0.2, -0.15) is 0 Å². The highest BCUT2D eigenvalue weighted by Crippen LogP contribution is 2.23. The summed E-state index contributed by atoms with van der Waals surface area (Å²) in [6, 6.07) is 8.87. The lowest BCUT2D eigenvalue weighted by Gasteiger charge is -2.10. The zero-order valence-corrected chi connectivity index (χ0v) is 13.3. The predicted octanol–water partition coefficient (Wildman–Crippen LogP) is 2.79. The largest absolute Gasteiger partial charge is 0.496 e. The van der Waals surface area contributed by atoms with Crippen LogP contribution in [0.4, 0.5) is 0 Å². The number of carbonyl (C=O) groups is 1. The van der Waals surface area contributed by atoms with Crippen molar-refractivity contribution in [2.45, 2.75) is 6.54 Å². The van der Waals surface area contributed by atoms with E-state index in [1.54, 1.807) is 37.6 Å². The maximum atomic E-state index is 12.2. The number of carbonyl (C=O) groups excluding carboxylic acids is 1. The van der Waals surface area contributed by atoms with Gasteiger partial charge < -0.3 is 14.8 Å². The summed E-state index contributed by atoms with van der Waals surface area (Å²) in [6.07, 6.45) is 1.66. The second kappa shape index (κ2) is 7.08. The molecule has 0 saturated carbocycles. The standard InChI is InChI=1S/C15H15BrN2O3/c1-20-13-7-11(16)4-5-12(13)15(19)18-9-10-3-6-14(21-2)17-8-10/h3-8H,9H2,1-2H3,(H,18,19). The van der Waals surface area contributed by atoms with Crippen LogP contribution in [0.1, 0.15) is 15.9 Å². The molecule has 0 spiro atoms. The number of rotatable bonds is 5. The number of nitrogens with zero attached hydrogens (tertiary/aromatic N) is 1. The van der Waals surface area contributed by atoms with Crippen LogP contribution < -0.4 is 14.8 Å². The van der Waals surface area contributed by atoms with E-state index in [1.165, 1.54) is 7.11 Å². The molecule has 1 heterocycles. The van der Waals surface area contributed by atoms with Crippen LogP contribution in [-0.2, 0) is 6.54 Å². The zero-order chi connectivity index (χ0) is 15.2. The molecule has 1 N–H and O–H groups in total. The predicted molar refractivity (Wildman–Crippen MR) is 82.7 cm³/mol. The lowest BCUT2D eigenvalue weighted by molar-refractivity contribution is 0.0948. The van der Waals surface area contributed by atoms with Crippen molar-refractivity contribution < 1.29 is 14.3 Å². The number of benzene rings is 1. The summed E-state index contributed by atoms with van der Waals surface area (Å²) in [4.78, 5) is 16.3. The molecule has 1 aromatic carbocycles. The van der Waals surface area contributed by atoms with Crippen LogP contribution in [0.5, 0.6) is 11.6 Å². The molecule has 6 heteroatoms. The van der Waals surface area contributed by atoms with Crippen LogP contribution in [0.2, 0.25) is 0 Å². The van der Waals surface area contributed by atoms with Crippen LogP contribution in [0.3, 0.4) is 0 Å². The van der Waals surface area contributed by atoms with Gasteiger partial charge in [0.25, 0.3) is 5.91 Å². The number of nitrogens with one attached hydrogen (secondary N) is 1. The quantitative estimate of drug-likeness (QED) is 0.900. The second-order valence-corrected chi connectivity index (χ2v) is 5.15. The van der Waals surface area contributed by atoms with Gasteiger partial charge in [0.15, 0.2) is 0 Å². The molecule has 0 atom stereocenters. The van der Waals surface area contributed by atoms with E-state index in [0.29, 0.717) is 23.7 Å². The fourth-order valence-electron chi connectivity index (χ4n) is 1.77. The third-order valence-electron chi connectivity index (χ3n) is 2.87. The van der Waals surface area contributed by atoms with Gasteiger partial charge in [-0.1, -0.05) is 22.0 Å². The summed E-state index contributed by atoms with van der Waals surface area (Å²) in [7, 11) is 3.09. The Morgan fingerprint density at radius 1 is 1.24 bits per heavy atom. The normalized spacial score (nSPS) is 10.0. The van der Waals surface area contributed by atoms with Crippen molar-refractivity contribution in [1.29, 1.82) is 0 Å². The van der Waals surface area contributed by atoms with E-state index in [2.05, 4.69) is 26.2 Å². The van der Waals surface area contributed by atoms with Crippen LogP contribution in [-0.4, -0.2) is 25.1 Å². The third-order valence-corrected chi connectivity index (χ3v) is 3.36. The van der Waals surface area contributed by atoms with Crippen molar-refractivity contribution >= 4 is 21.8 Å². The SMILES string of the molecule is COc1ccc(CNC(=O)c2ccc(Br)cc2OC)cn1. The topological polar surface area (TPSA) is 60.5 Å². The summed E-state index contributed by atoms with van der Waals surface area (Å²) >= 11 is 3.34. The van der Waals surface area contributed by atoms with E-state index in [9.17, 15) is 4.79 Å². The number of aromatic nitrogens is 1. The Morgan fingerprint density at radius 2 is 2.05 bits per heavy atom. The number of amides is 1. The Morgan fingerprint density at radius 3 is 2.67 bits per heavy atom. The van der Waals surface area contributed by atoms with Gasteiger partial charge in [-0.3, -0.25) is 4.79 Å². The van der Waals surface area contributed by atoms with Gasteiger partial charge in [0.2, 0.25) is 5.88 Å². The van der Waals surface area contributed by atoms with Gasteiger partial charge in [-0.25, -0.2) is 4.98 Å². The highest BCUT2D eigenvalue weighted by atomic mass is 79.9. The van der Waals surface area contributed by atoms with Crippen LogP contribution in [0.15, 0.2) is 41.0 Å². The van der Waals surface area contributed by atoms with Crippen molar-refractivity contribution in [3.05, 3.63) is 52.1 Å². The maximum Gasteiger partial charge on any atom is 0.255 e. The van der Waals surface area contributed by atoms with Crippen LogP contribution in [0, 0.1) is 0 Å². The molecule has 0 aliphatic carbocycles. The van der Waals surface area contributed by atoms with Crippen molar-refractivity contribution in [3.8, 4) is 11.6 Å². The Hall–Kier alpha value is -2.08. The third kappa shape index (κ3) is 3.95. The summed E-state index contributed by atoms with van der Waals surface area (Å²) in [5.41, 5.74) is 1.38. The zero-order valence-electron chi connectivity index (χ0n) is 11.7. The molecule has 5 nitrogen and oxygen atoms in total. The Bertz CT molecular complexity index is 629. The average Bonchev–Trinajstić information content (AvgIpc) is 2.52. The number of hydrogen-bond donors (Lipinski definition) is 1. The Kier molecular flexibility index (Phi) is 5.16. The van der Waals surface area contributed by atoms with Crippen molar-refractivity contribution in [2.75, 3.05) is 14.2 Å². The van der Waals surface area contributed by atoms with Gasteiger partial charge in [0, 0.05) is 23.3 Å². The van der Waals surface area contributed by atoms with E-state index in [1.807, 2.05) is 6.07 Å². The summed E-state index contributed by atoms with van der Waals surface area (Å²) in [5, 5.41) is 2.83. The molecule has 1 amide bonds. The van der Waals surface area contributed by atoms with E-state index < -0.39 is 0 Å². The first kappa shape index (κ1) is 15.3. The van der Waals surface area contributed by atoms with Gasteiger partial charge in [-0.15, -0.1) is 0 Å². The van der Waals surface area contributed by atoms with E-state index in [4.69, 9.17) is 9.47 Å². The van der Waals surface area contributed by atoms with E-state index >= 15 is 0 Å². The fourth-order valence-corrected chi connectivity index (χ4v) is 2.11. The van der Waals surface area contributed by atoms with E-state index in [-0.39, 0.29) is 5.91 Å². The fraction of sp³-hybridized carbons (Fsp3) is 0.200. The van der Waals surface area contributed by atoms with Crippen LogP contribution >= 0.6 is 15.9 Å². The molecule has 2 aromatic rings. The molecule has 21 heavy (non-hydrogen) atoms. The summed E-state index contributed by atoms with van der Waals surface area (Å²) < 4.78 is 11.1. The highest BCUT2D eigenvalue weighted by molar-refractivity contribution is 9.10. The van der Waals surface area contributed by atoms with Gasteiger partial charge in [-0.05, 0) is 23.8 Å². The molecule has 0 aliphatic heterocycles. The molecule has 0 bridgehead atoms. The monoisotopic (exact) mass is 350 g/mol. The molecular formula is C15H15BrN2O3. The number of ether oxygens (including phenoxy) is 2. The van der Waals surface area contributed by atoms with Crippen molar-refractivity contribution in [2.24, 2.45) is 0 Å². The average molecular weight is 351 g/mol. The number of methoxy groups -OCH3 is 2. The van der Waals surface area contributed by atoms with Gasteiger partial charge in [0.05, 0.1) is 19.8 Å². The molecule has 110 valence electrons. The lowest BCUT2D eigenvalue weighted by atomic mass is 10.2. The smallest absolute Gasteiger partial charge is 0.255 e. The number of halogens is 1. The van der Waals surface area contributed by atoms with Crippen LogP contribution in [0.25, 0.3) is 0 Å². The Balaban J connectivity index is 2.04. The first-order valence-corrected chi connectivity index (χ1v) is 7.04. The summed E-state index contributed by atoms with van der Waals surface area (Å²) in [6.45, 7) is 0.384. The van der Waals surface area contributed by atoms with Gasteiger partial charge >= 0.3 is 0 Å². The number of pyridine rings is 1. The van der Waals surface area contributed by atoms with Crippen molar-refractivity contribution in [3.63, 3.8) is 0 Å². The molecule has 0 saturated heterocycles. The molecule has 0 radical (unpaired) electrons. The first-order chi connectivity index (χ1) is 10.1. The lowest BCUT2D eigenvalue weighted by Crippen LogP contribution is -2.23. The maximum absolute atomic E-state index is 12.2. The van der Waals surface area contributed by atoms with Crippen molar-refractivity contribution in [1.82, 2.24) is 10.3 Å². The Labute approximate surface area is 131 Å². The first-order valence-electron chi connectivity index (χ1n) is 6.24. The minimum Gasteiger partial charge on any atom is -0.496 e. The molecule has 2 rings (SSSR count). The molecule has 0 unspecified atom stereocenters. The minimum absolute atomic E-state index is 0.199. The molecule has 1 aromatic heterocycles. The van der Waals surface area contributed by atoms with Gasteiger partial charge in [0.1, 0.15) is 5.75 Å². The molecule has 0 aliphatic rings. The highest BCUT2D eigenvalue weighted by Gasteiger charge is 2.12. The second-order valence-electron chi connectivity index (χ2n) is 4.24. The minimum atomic E-state index is -0.199. The number of hydrogen-bond acceptors (Lipinski definition) is 4. The molecule has 0 fully saturated rings.